The minimum absolute atomic E-state index is 0. The van der Waals surface area contributed by atoms with Crippen molar-refractivity contribution in [3.63, 3.8) is 0 Å². The number of halogens is 2. The Labute approximate surface area is 188 Å². The van der Waals surface area contributed by atoms with E-state index in [-0.39, 0.29) is 35.7 Å². The molecule has 1 amide bonds. The third-order valence-corrected chi connectivity index (χ3v) is 3.96. The minimum Gasteiger partial charge on any atom is -0.497 e. The lowest BCUT2D eigenvalue weighted by Crippen LogP contribution is -2.41. The lowest BCUT2D eigenvalue weighted by Gasteiger charge is -2.12. The number of carbonyl (C=O) groups excluding carboxylic acids is 1. The van der Waals surface area contributed by atoms with Gasteiger partial charge >= 0.3 is 0 Å². The summed E-state index contributed by atoms with van der Waals surface area (Å²) in [6, 6.07) is 13.5. The van der Waals surface area contributed by atoms with Crippen molar-refractivity contribution in [3.05, 3.63) is 65.5 Å². The average Bonchev–Trinajstić information content (AvgIpc) is 2.71. The molecule has 0 aliphatic rings. The fraction of sp³-hybridized carbons (Fsp3) is 0.333. The Kier molecular flexibility index (Phi) is 11.7. The van der Waals surface area contributed by atoms with Gasteiger partial charge in [-0.15, -0.1) is 24.0 Å². The molecular weight excluding hydrogens is 486 g/mol. The maximum atomic E-state index is 13.2. The van der Waals surface area contributed by atoms with Crippen LogP contribution in [0, 0.1) is 5.82 Å². The maximum Gasteiger partial charge on any atom is 0.251 e. The first kappa shape index (κ1) is 24.7. The standard InChI is InChI=1S/C21H27FN4O2.HI/c1-3-23-21(25-12-11-16-5-4-6-18(22)15-16)26-14-13-24-20(27)17-7-9-19(28-2)10-8-17;/h4-10,15H,3,11-14H2,1-2H3,(H,24,27)(H2,23,25,26);1H. The number of hydrogen-bond acceptors (Lipinski definition) is 3. The van der Waals surface area contributed by atoms with E-state index in [1.807, 2.05) is 13.0 Å². The van der Waals surface area contributed by atoms with Gasteiger partial charge < -0.3 is 20.7 Å². The average molecular weight is 514 g/mol. The van der Waals surface area contributed by atoms with Gasteiger partial charge in [-0.05, 0) is 55.3 Å². The zero-order valence-electron chi connectivity index (χ0n) is 16.7. The number of ether oxygens (including phenoxy) is 1. The van der Waals surface area contributed by atoms with Crippen LogP contribution >= 0.6 is 24.0 Å². The minimum atomic E-state index is -0.237. The largest absolute Gasteiger partial charge is 0.497 e. The van der Waals surface area contributed by atoms with Crippen molar-refractivity contribution in [2.24, 2.45) is 4.99 Å². The number of nitrogens with one attached hydrogen (secondary N) is 3. The molecule has 3 N–H and O–H groups in total. The predicted octanol–water partition coefficient (Wildman–Crippen LogP) is 2.98. The van der Waals surface area contributed by atoms with Crippen molar-refractivity contribution in [3.8, 4) is 5.75 Å². The van der Waals surface area contributed by atoms with Gasteiger partial charge in [0.1, 0.15) is 11.6 Å². The normalized spacial score (nSPS) is 10.7. The van der Waals surface area contributed by atoms with Crippen LogP contribution in [0.5, 0.6) is 5.75 Å². The zero-order valence-corrected chi connectivity index (χ0v) is 19.0. The smallest absolute Gasteiger partial charge is 0.251 e. The van der Waals surface area contributed by atoms with Crippen LogP contribution < -0.4 is 20.7 Å². The zero-order chi connectivity index (χ0) is 20.2. The number of aliphatic imine (C=N–C) groups is 1. The topological polar surface area (TPSA) is 74.8 Å². The van der Waals surface area contributed by atoms with E-state index in [2.05, 4.69) is 20.9 Å². The van der Waals surface area contributed by atoms with Crippen molar-refractivity contribution >= 4 is 35.8 Å². The lowest BCUT2D eigenvalue weighted by molar-refractivity contribution is 0.0954. The highest BCUT2D eigenvalue weighted by atomic mass is 127. The molecule has 0 atom stereocenters. The van der Waals surface area contributed by atoms with E-state index in [9.17, 15) is 9.18 Å². The van der Waals surface area contributed by atoms with Crippen molar-refractivity contribution in [2.45, 2.75) is 13.3 Å². The van der Waals surface area contributed by atoms with Gasteiger partial charge in [0.25, 0.3) is 5.91 Å². The van der Waals surface area contributed by atoms with Crippen LogP contribution in [-0.4, -0.2) is 45.2 Å². The Bertz CT molecular complexity index is 785. The number of amides is 1. The molecule has 2 aromatic rings. The van der Waals surface area contributed by atoms with E-state index < -0.39 is 0 Å². The van der Waals surface area contributed by atoms with E-state index >= 15 is 0 Å². The molecule has 0 aromatic heterocycles. The summed E-state index contributed by atoms with van der Waals surface area (Å²) in [5.41, 5.74) is 1.49. The third-order valence-electron chi connectivity index (χ3n) is 3.96. The quantitative estimate of drug-likeness (QED) is 0.208. The highest BCUT2D eigenvalue weighted by Crippen LogP contribution is 2.10. The number of methoxy groups -OCH3 is 1. The van der Waals surface area contributed by atoms with Crippen LogP contribution in [-0.2, 0) is 6.42 Å². The molecule has 0 bridgehead atoms. The molecule has 8 heteroatoms. The molecule has 0 fully saturated rings. The van der Waals surface area contributed by atoms with Gasteiger partial charge in [-0.2, -0.15) is 0 Å². The Hall–Kier alpha value is -2.36. The van der Waals surface area contributed by atoms with Gasteiger partial charge in [-0.25, -0.2) is 4.39 Å². The van der Waals surface area contributed by atoms with Crippen molar-refractivity contribution in [1.82, 2.24) is 16.0 Å². The van der Waals surface area contributed by atoms with Crippen LogP contribution in [0.4, 0.5) is 4.39 Å². The molecule has 2 rings (SSSR count). The second-order valence-corrected chi connectivity index (χ2v) is 6.05. The SMILES string of the molecule is CCNC(=NCCc1cccc(F)c1)NCCNC(=O)c1ccc(OC)cc1.I. The van der Waals surface area contributed by atoms with Gasteiger partial charge in [0.2, 0.25) is 0 Å². The number of benzene rings is 2. The summed E-state index contributed by atoms with van der Waals surface area (Å²) < 4.78 is 18.3. The fourth-order valence-corrected chi connectivity index (χ4v) is 2.53. The van der Waals surface area contributed by atoms with E-state index in [0.29, 0.717) is 43.3 Å². The summed E-state index contributed by atoms with van der Waals surface area (Å²) in [6.45, 7) is 4.24. The van der Waals surface area contributed by atoms with Crippen LogP contribution in [0.15, 0.2) is 53.5 Å². The molecule has 0 aliphatic heterocycles. The third kappa shape index (κ3) is 9.12. The molecule has 29 heavy (non-hydrogen) atoms. The Morgan fingerprint density at radius 3 is 2.45 bits per heavy atom. The molecule has 0 saturated heterocycles. The molecule has 2 aromatic carbocycles. The molecular formula is C21H28FIN4O2. The van der Waals surface area contributed by atoms with Crippen molar-refractivity contribution in [1.29, 1.82) is 0 Å². The van der Waals surface area contributed by atoms with E-state index in [4.69, 9.17) is 4.74 Å². The number of guanidine groups is 1. The van der Waals surface area contributed by atoms with E-state index in [0.717, 1.165) is 12.1 Å². The Morgan fingerprint density at radius 1 is 1.07 bits per heavy atom. The molecule has 0 heterocycles. The number of nitrogens with zero attached hydrogens (tertiary/aromatic N) is 1. The summed E-state index contributed by atoms with van der Waals surface area (Å²) in [6.07, 6.45) is 0.655. The first-order chi connectivity index (χ1) is 13.6. The second-order valence-electron chi connectivity index (χ2n) is 6.05. The fourth-order valence-electron chi connectivity index (χ4n) is 2.53. The maximum absolute atomic E-state index is 13.2. The monoisotopic (exact) mass is 514 g/mol. The van der Waals surface area contributed by atoms with Crippen LogP contribution in [0.3, 0.4) is 0 Å². The first-order valence-corrected chi connectivity index (χ1v) is 9.31. The van der Waals surface area contributed by atoms with Crippen molar-refractivity contribution in [2.75, 3.05) is 33.3 Å². The number of carbonyl (C=O) groups is 1. The lowest BCUT2D eigenvalue weighted by atomic mass is 10.1. The first-order valence-electron chi connectivity index (χ1n) is 9.31. The van der Waals surface area contributed by atoms with Gasteiger partial charge in [-0.3, -0.25) is 9.79 Å². The number of rotatable bonds is 9. The molecule has 158 valence electrons. The Balaban J connectivity index is 0.00000420. The van der Waals surface area contributed by atoms with Gasteiger partial charge in [0.15, 0.2) is 5.96 Å². The van der Waals surface area contributed by atoms with Crippen LogP contribution in [0.25, 0.3) is 0 Å². The predicted molar refractivity (Wildman–Crippen MR) is 125 cm³/mol. The molecule has 0 spiro atoms. The number of hydrogen-bond donors (Lipinski definition) is 3. The highest BCUT2D eigenvalue weighted by Gasteiger charge is 2.05. The van der Waals surface area contributed by atoms with Gasteiger partial charge in [0, 0.05) is 31.7 Å². The summed E-state index contributed by atoms with van der Waals surface area (Å²) in [7, 11) is 1.59. The summed E-state index contributed by atoms with van der Waals surface area (Å²) >= 11 is 0. The molecule has 0 unspecified atom stereocenters. The molecule has 0 aliphatic carbocycles. The molecule has 6 nitrogen and oxygen atoms in total. The van der Waals surface area contributed by atoms with Gasteiger partial charge in [-0.1, -0.05) is 12.1 Å². The Morgan fingerprint density at radius 2 is 1.79 bits per heavy atom. The summed E-state index contributed by atoms with van der Waals surface area (Å²) in [4.78, 5) is 16.6. The second kappa shape index (κ2) is 13.8. The van der Waals surface area contributed by atoms with E-state index in [1.165, 1.54) is 12.1 Å². The van der Waals surface area contributed by atoms with Gasteiger partial charge in [0.05, 0.1) is 7.11 Å². The van der Waals surface area contributed by atoms with Crippen LogP contribution in [0.1, 0.15) is 22.8 Å². The van der Waals surface area contributed by atoms with Crippen molar-refractivity contribution < 1.29 is 13.9 Å². The molecule has 0 saturated carbocycles. The van der Waals surface area contributed by atoms with E-state index in [1.54, 1.807) is 37.4 Å². The summed E-state index contributed by atoms with van der Waals surface area (Å²) in [5.74, 6) is 0.997. The highest BCUT2D eigenvalue weighted by molar-refractivity contribution is 14.0. The van der Waals surface area contributed by atoms with Crippen LogP contribution in [0.2, 0.25) is 0 Å². The summed E-state index contributed by atoms with van der Waals surface area (Å²) in [5, 5.41) is 9.18. The molecule has 0 radical (unpaired) electrons.